The largest absolute Gasteiger partial charge is 0.399 e. The lowest BCUT2D eigenvalue weighted by Crippen LogP contribution is -2.48. The Morgan fingerprint density at radius 2 is 1.86 bits per heavy atom. The van der Waals surface area contributed by atoms with Gasteiger partial charge in [0.15, 0.2) is 5.82 Å². The predicted octanol–water partition coefficient (Wildman–Crippen LogP) is 3.85. The summed E-state index contributed by atoms with van der Waals surface area (Å²) in [7, 11) is -4.07. The van der Waals surface area contributed by atoms with E-state index in [-0.39, 0.29) is 17.3 Å². The number of benzene rings is 2. The maximum Gasteiger partial charge on any atom is 0.344 e. The number of nitrogens with zero attached hydrogens (tertiary/aromatic N) is 3. The summed E-state index contributed by atoms with van der Waals surface area (Å²) < 4.78 is 27.3. The van der Waals surface area contributed by atoms with Crippen molar-refractivity contribution in [1.82, 2.24) is 9.29 Å². The smallest absolute Gasteiger partial charge is 0.344 e. The third kappa shape index (κ3) is 3.43. The van der Waals surface area contributed by atoms with E-state index in [1.807, 2.05) is 24.5 Å². The molecule has 3 aromatic rings. The van der Waals surface area contributed by atoms with Crippen molar-refractivity contribution in [3.8, 4) is 0 Å². The number of hydrogen-bond donors (Lipinski definition) is 1. The molecule has 4 rings (SSSR count). The van der Waals surface area contributed by atoms with Crippen molar-refractivity contribution in [2.75, 3.05) is 16.9 Å². The van der Waals surface area contributed by atoms with Gasteiger partial charge >= 0.3 is 6.03 Å². The minimum atomic E-state index is -4.07. The summed E-state index contributed by atoms with van der Waals surface area (Å²) in [5, 5.41) is 0. The molecule has 0 atom stereocenters. The van der Waals surface area contributed by atoms with Crippen LogP contribution >= 0.6 is 11.8 Å². The maximum absolute atomic E-state index is 13.4. The third-order valence-electron chi connectivity index (χ3n) is 4.52. The van der Waals surface area contributed by atoms with E-state index in [9.17, 15) is 13.2 Å². The van der Waals surface area contributed by atoms with Crippen LogP contribution in [0.15, 0.2) is 76.7 Å². The summed E-state index contributed by atoms with van der Waals surface area (Å²) in [5.41, 5.74) is 7.48. The molecule has 1 aromatic heterocycles. The first-order valence-corrected chi connectivity index (χ1v) is 11.4. The standard InChI is InChI=1S/C20H18N4O3S2/c1-28-17-8-3-7-16(12-17)24-19-18(9-4-10-22-19)29(26,27)23(20(24)25)13-14-5-2-6-15(21)11-14/h2-12H,13,21H2,1H3. The van der Waals surface area contributed by atoms with Gasteiger partial charge in [0.2, 0.25) is 0 Å². The molecule has 148 valence electrons. The van der Waals surface area contributed by atoms with E-state index >= 15 is 0 Å². The lowest BCUT2D eigenvalue weighted by Gasteiger charge is -2.35. The van der Waals surface area contributed by atoms with Gasteiger partial charge in [-0.05, 0) is 54.3 Å². The highest BCUT2D eigenvalue weighted by Gasteiger charge is 2.43. The van der Waals surface area contributed by atoms with Gasteiger partial charge in [-0.1, -0.05) is 18.2 Å². The molecule has 0 saturated heterocycles. The van der Waals surface area contributed by atoms with Gasteiger partial charge in [-0.15, -0.1) is 11.8 Å². The van der Waals surface area contributed by atoms with Crippen LogP contribution < -0.4 is 10.6 Å². The zero-order valence-corrected chi connectivity index (χ0v) is 17.2. The van der Waals surface area contributed by atoms with Crippen molar-refractivity contribution in [2.24, 2.45) is 0 Å². The van der Waals surface area contributed by atoms with Gasteiger partial charge in [-0.25, -0.2) is 27.4 Å². The second-order valence-corrected chi connectivity index (χ2v) is 9.11. The molecule has 1 aliphatic heterocycles. The Morgan fingerprint density at radius 3 is 2.62 bits per heavy atom. The van der Waals surface area contributed by atoms with Gasteiger partial charge in [0, 0.05) is 16.8 Å². The fraction of sp³-hybridized carbons (Fsp3) is 0.100. The summed E-state index contributed by atoms with van der Waals surface area (Å²) in [4.78, 5) is 19.9. The van der Waals surface area contributed by atoms with Gasteiger partial charge in [0.1, 0.15) is 4.90 Å². The Labute approximate surface area is 173 Å². The number of nitrogen functional groups attached to an aromatic ring is 1. The first kappa shape index (κ1) is 19.3. The van der Waals surface area contributed by atoms with Crippen molar-refractivity contribution < 1.29 is 13.2 Å². The topological polar surface area (TPSA) is 96.6 Å². The summed E-state index contributed by atoms with van der Waals surface area (Å²) in [6, 6.07) is 16.5. The molecular weight excluding hydrogens is 408 g/mol. The Bertz CT molecular complexity index is 1200. The third-order valence-corrected chi connectivity index (χ3v) is 6.99. The quantitative estimate of drug-likeness (QED) is 0.503. The highest BCUT2D eigenvalue weighted by molar-refractivity contribution is 7.98. The first-order chi connectivity index (χ1) is 13.9. The number of amides is 2. The number of sulfonamides is 1. The zero-order valence-electron chi connectivity index (χ0n) is 15.5. The van der Waals surface area contributed by atoms with Crippen molar-refractivity contribution in [3.05, 3.63) is 72.4 Å². The van der Waals surface area contributed by atoms with E-state index in [1.165, 1.54) is 28.9 Å². The second-order valence-electron chi connectivity index (χ2n) is 6.40. The molecule has 0 unspecified atom stereocenters. The van der Waals surface area contributed by atoms with Gasteiger partial charge in [-0.3, -0.25) is 0 Å². The second kappa shape index (κ2) is 7.41. The Balaban J connectivity index is 1.87. The van der Waals surface area contributed by atoms with Crippen molar-refractivity contribution in [1.29, 1.82) is 0 Å². The van der Waals surface area contributed by atoms with Crippen LogP contribution in [0.1, 0.15) is 5.56 Å². The van der Waals surface area contributed by atoms with Crippen LogP contribution in [0, 0.1) is 0 Å². The fourth-order valence-electron chi connectivity index (χ4n) is 3.17. The molecule has 1 aliphatic rings. The molecule has 0 aliphatic carbocycles. The monoisotopic (exact) mass is 426 g/mol. The van der Waals surface area contributed by atoms with Crippen molar-refractivity contribution in [3.63, 3.8) is 0 Å². The molecule has 2 N–H and O–H groups in total. The highest BCUT2D eigenvalue weighted by atomic mass is 32.2. The fourth-order valence-corrected chi connectivity index (χ4v) is 5.09. The van der Waals surface area contributed by atoms with E-state index in [4.69, 9.17) is 5.73 Å². The molecule has 9 heteroatoms. The molecule has 7 nitrogen and oxygen atoms in total. The van der Waals surface area contributed by atoms with Crippen LogP contribution in [0.2, 0.25) is 0 Å². The van der Waals surface area contributed by atoms with Crippen LogP contribution in [0.3, 0.4) is 0 Å². The van der Waals surface area contributed by atoms with E-state index in [0.29, 0.717) is 16.9 Å². The van der Waals surface area contributed by atoms with Gasteiger partial charge < -0.3 is 5.73 Å². The number of carbonyl (C=O) groups is 1. The number of urea groups is 1. The Morgan fingerprint density at radius 1 is 1.07 bits per heavy atom. The van der Waals surface area contributed by atoms with Crippen LogP contribution in [-0.2, 0) is 16.6 Å². The summed E-state index contributed by atoms with van der Waals surface area (Å²) in [6.07, 6.45) is 3.40. The minimum Gasteiger partial charge on any atom is -0.399 e. The molecular formula is C20H18N4O3S2. The molecule has 0 radical (unpaired) electrons. The predicted molar refractivity (Wildman–Crippen MR) is 114 cm³/mol. The Kier molecular flexibility index (Phi) is 4.93. The SMILES string of the molecule is CSc1cccc(N2C(=O)N(Cc3cccc(N)c3)S(=O)(=O)c3cccnc32)c1. The van der Waals surface area contributed by atoms with Gasteiger partial charge in [0.25, 0.3) is 10.0 Å². The summed E-state index contributed by atoms with van der Waals surface area (Å²) in [6.45, 7) is -0.126. The van der Waals surface area contributed by atoms with Gasteiger partial charge in [0.05, 0.1) is 12.2 Å². The number of anilines is 3. The molecule has 0 saturated carbocycles. The zero-order chi connectivity index (χ0) is 20.6. The van der Waals surface area contributed by atoms with E-state index in [1.54, 1.807) is 36.4 Å². The molecule has 0 spiro atoms. The molecule has 2 aromatic carbocycles. The van der Waals surface area contributed by atoms with Crippen LogP contribution in [-0.4, -0.2) is 30.0 Å². The average molecular weight is 427 g/mol. The van der Waals surface area contributed by atoms with E-state index in [2.05, 4.69) is 4.98 Å². The molecule has 0 bridgehead atoms. The molecule has 29 heavy (non-hydrogen) atoms. The number of hydrogen-bond acceptors (Lipinski definition) is 6. The molecule has 0 fully saturated rings. The maximum atomic E-state index is 13.4. The number of thioether (sulfide) groups is 1. The normalized spacial score (nSPS) is 15.3. The number of aromatic nitrogens is 1. The first-order valence-electron chi connectivity index (χ1n) is 8.72. The lowest BCUT2D eigenvalue weighted by atomic mass is 10.2. The van der Waals surface area contributed by atoms with Crippen LogP contribution in [0.4, 0.5) is 22.0 Å². The summed E-state index contributed by atoms with van der Waals surface area (Å²) >= 11 is 1.53. The van der Waals surface area contributed by atoms with Crippen molar-refractivity contribution >= 4 is 45.0 Å². The highest BCUT2D eigenvalue weighted by Crippen LogP contribution is 2.38. The van der Waals surface area contributed by atoms with Crippen LogP contribution in [0.25, 0.3) is 0 Å². The van der Waals surface area contributed by atoms with Crippen molar-refractivity contribution in [2.45, 2.75) is 16.3 Å². The number of carbonyl (C=O) groups excluding carboxylic acids is 1. The number of nitrogens with two attached hydrogens (primary N) is 1. The number of pyridine rings is 1. The number of fused-ring (bicyclic) bond motifs is 1. The minimum absolute atomic E-state index is 0.0157. The molecule has 2 amide bonds. The van der Waals surface area contributed by atoms with Gasteiger partial charge in [-0.2, -0.15) is 0 Å². The number of rotatable bonds is 4. The lowest BCUT2D eigenvalue weighted by molar-refractivity contribution is 0.229. The molecule has 2 heterocycles. The summed E-state index contributed by atoms with van der Waals surface area (Å²) in [5.74, 6) is 0.0968. The average Bonchev–Trinajstić information content (AvgIpc) is 2.72. The van der Waals surface area contributed by atoms with E-state index in [0.717, 1.165) is 9.20 Å². The van der Waals surface area contributed by atoms with Crippen LogP contribution in [0.5, 0.6) is 0 Å². The Hall–Kier alpha value is -3.04. The van der Waals surface area contributed by atoms with E-state index < -0.39 is 16.1 Å².